The van der Waals surface area contributed by atoms with E-state index in [9.17, 15) is 9.90 Å². The van der Waals surface area contributed by atoms with Gasteiger partial charge in [0, 0.05) is 11.5 Å². The molecule has 7 atom stereocenters. The van der Waals surface area contributed by atoms with Gasteiger partial charge in [0.1, 0.15) is 5.60 Å². The minimum Gasteiger partial charge on any atom is -0.456 e. The van der Waals surface area contributed by atoms with Crippen LogP contribution in [0.3, 0.4) is 0 Å². The van der Waals surface area contributed by atoms with E-state index in [0.29, 0.717) is 22.7 Å². The van der Waals surface area contributed by atoms with Crippen molar-refractivity contribution in [1.82, 2.24) is 0 Å². The molecule has 5 aliphatic rings. The van der Waals surface area contributed by atoms with E-state index in [1.165, 1.54) is 25.7 Å². The summed E-state index contributed by atoms with van der Waals surface area (Å²) in [5.41, 5.74) is 1.000. The van der Waals surface area contributed by atoms with Crippen LogP contribution >= 0.6 is 0 Å². The lowest BCUT2D eigenvalue weighted by Gasteiger charge is -2.57. The van der Waals surface area contributed by atoms with Gasteiger partial charge < -0.3 is 9.84 Å². The third-order valence-corrected chi connectivity index (χ3v) is 12.1. The largest absolute Gasteiger partial charge is 0.456 e. The molecule has 0 aromatic rings. The first kappa shape index (κ1) is 23.9. The molecule has 0 aromatic carbocycles. The fraction of sp³-hybridized carbons (Fsp3) is 0.900. The second kappa shape index (κ2) is 7.11. The van der Waals surface area contributed by atoms with E-state index in [1.54, 1.807) is 0 Å². The Morgan fingerprint density at radius 3 is 2.42 bits per heavy atom. The van der Waals surface area contributed by atoms with Gasteiger partial charge in [0.05, 0.1) is 5.60 Å². The Morgan fingerprint density at radius 1 is 1.03 bits per heavy atom. The fourth-order valence-corrected chi connectivity index (χ4v) is 9.93. The molecule has 0 amide bonds. The second-order valence-corrected chi connectivity index (χ2v) is 14.8. The van der Waals surface area contributed by atoms with Gasteiger partial charge in [-0.05, 0) is 118 Å². The zero-order valence-corrected chi connectivity index (χ0v) is 22.4. The number of hydrogen-bond acceptors (Lipinski definition) is 3. The van der Waals surface area contributed by atoms with Gasteiger partial charge >= 0.3 is 5.97 Å². The molecule has 186 valence electrons. The maximum atomic E-state index is 13.8. The van der Waals surface area contributed by atoms with E-state index in [1.807, 2.05) is 13.8 Å². The highest BCUT2D eigenvalue weighted by Crippen LogP contribution is 2.80. The van der Waals surface area contributed by atoms with Gasteiger partial charge in [0.25, 0.3) is 0 Å². The SMILES string of the molecule is CC(C)(O)[C@H]1CC[C@]2(C)CCC[C@](C)(OC(=O)C3=CC[C@@]4(C)CCCC(C)(C)[C@@]45C[C@@H]35)[C@H]2C1. The molecule has 0 aliphatic heterocycles. The lowest BCUT2D eigenvalue weighted by Crippen LogP contribution is -2.55. The molecule has 5 aliphatic carbocycles. The van der Waals surface area contributed by atoms with Crippen molar-refractivity contribution in [3.8, 4) is 0 Å². The molecule has 1 spiro atoms. The molecule has 3 heteroatoms. The Labute approximate surface area is 202 Å². The summed E-state index contributed by atoms with van der Waals surface area (Å²) in [6.45, 7) is 15.9. The van der Waals surface area contributed by atoms with Crippen molar-refractivity contribution in [2.24, 2.45) is 39.4 Å². The number of carbonyl (C=O) groups excluding carboxylic acids is 1. The van der Waals surface area contributed by atoms with E-state index in [4.69, 9.17) is 4.74 Å². The molecule has 0 saturated heterocycles. The van der Waals surface area contributed by atoms with Crippen LogP contribution in [-0.4, -0.2) is 22.3 Å². The van der Waals surface area contributed by atoms with E-state index in [2.05, 4.69) is 40.7 Å². The molecule has 4 saturated carbocycles. The van der Waals surface area contributed by atoms with Crippen LogP contribution < -0.4 is 0 Å². The molecule has 0 bridgehead atoms. The molecule has 1 N–H and O–H groups in total. The zero-order valence-electron chi connectivity index (χ0n) is 22.4. The average Bonchev–Trinajstić information content (AvgIpc) is 3.44. The maximum Gasteiger partial charge on any atom is 0.334 e. The zero-order chi connectivity index (χ0) is 24.1. The van der Waals surface area contributed by atoms with Gasteiger partial charge in [0.2, 0.25) is 0 Å². The Morgan fingerprint density at radius 2 is 1.73 bits per heavy atom. The standard InChI is InChI=1S/C30H48O3/c1-25(2)12-8-14-28(6)17-11-21(22-19-30(22,25)28)24(31)33-29(7)15-9-13-27(5)16-10-20(18-23(27)29)26(3,4)32/h11,20,22-23,32H,8-10,12-19H2,1-7H3/t20-,22-,23-,27-,28+,29-,30-/m0/s1. The molecule has 3 nitrogen and oxygen atoms in total. The normalized spacial score (nSPS) is 48.6. The lowest BCUT2D eigenvalue weighted by atomic mass is 9.50. The van der Waals surface area contributed by atoms with Crippen molar-refractivity contribution >= 4 is 5.97 Å². The van der Waals surface area contributed by atoms with Gasteiger partial charge in [-0.1, -0.05) is 40.2 Å². The van der Waals surface area contributed by atoms with Crippen LogP contribution in [0.4, 0.5) is 0 Å². The van der Waals surface area contributed by atoms with Crippen LogP contribution in [0.1, 0.15) is 119 Å². The summed E-state index contributed by atoms with van der Waals surface area (Å²) in [6.07, 6.45) is 14.8. The van der Waals surface area contributed by atoms with E-state index in [0.717, 1.165) is 50.5 Å². The Bertz CT molecular complexity index is 864. The molecule has 5 rings (SSSR count). The molecule has 0 aromatic heterocycles. The number of allylic oxidation sites excluding steroid dienone is 1. The first-order chi connectivity index (χ1) is 15.2. The number of esters is 1. The first-order valence-corrected chi connectivity index (χ1v) is 13.8. The highest BCUT2D eigenvalue weighted by atomic mass is 16.6. The van der Waals surface area contributed by atoms with E-state index in [-0.39, 0.29) is 22.7 Å². The van der Waals surface area contributed by atoms with Crippen molar-refractivity contribution in [3.63, 3.8) is 0 Å². The first-order valence-electron chi connectivity index (χ1n) is 13.8. The highest BCUT2D eigenvalue weighted by Gasteiger charge is 2.74. The minimum atomic E-state index is -0.674. The number of aliphatic hydroxyl groups is 1. The molecule has 4 fully saturated rings. The van der Waals surface area contributed by atoms with Gasteiger partial charge in [-0.25, -0.2) is 4.79 Å². The summed E-state index contributed by atoms with van der Waals surface area (Å²) < 4.78 is 6.60. The second-order valence-electron chi connectivity index (χ2n) is 14.8. The van der Waals surface area contributed by atoms with Crippen LogP contribution in [-0.2, 0) is 9.53 Å². The fourth-order valence-electron chi connectivity index (χ4n) is 9.93. The molecular weight excluding hydrogens is 408 g/mol. The van der Waals surface area contributed by atoms with E-state index < -0.39 is 11.2 Å². The van der Waals surface area contributed by atoms with Gasteiger partial charge in [-0.3, -0.25) is 0 Å². The number of fused-ring (bicyclic) bond motifs is 1. The molecular formula is C30H48O3. The van der Waals surface area contributed by atoms with Crippen LogP contribution in [0, 0.1) is 39.4 Å². The van der Waals surface area contributed by atoms with Crippen molar-refractivity contribution < 1.29 is 14.6 Å². The predicted octanol–water partition coefficient (Wildman–Crippen LogP) is 7.22. The van der Waals surface area contributed by atoms with Crippen LogP contribution in [0.5, 0.6) is 0 Å². The number of hydrogen-bond donors (Lipinski definition) is 1. The molecule has 0 radical (unpaired) electrons. The Balaban J connectivity index is 1.39. The lowest BCUT2D eigenvalue weighted by molar-refractivity contribution is -0.186. The predicted molar refractivity (Wildman–Crippen MR) is 133 cm³/mol. The number of rotatable bonds is 3. The van der Waals surface area contributed by atoms with Crippen molar-refractivity contribution in [3.05, 3.63) is 11.6 Å². The van der Waals surface area contributed by atoms with Crippen molar-refractivity contribution in [2.75, 3.05) is 0 Å². The topological polar surface area (TPSA) is 46.5 Å². The number of ether oxygens (including phenoxy) is 1. The van der Waals surface area contributed by atoms with Crippen LogP contribution in [0.25, 0.3) is 0 Å². The molecule has 0 heterocycles. The third-order valence-electron chi connectivity index (χ3n) is 12.1. The van der Waals surface area contributed by atoms with Crippen molar-refractivity contribution in [1.29, 1.82) is 0 Å². The van der Waals surface area contributed by atoms with Gasteiger partial charge in [-0.15, -0.1) is 0 Å². The number of carbonyl (C=O) groups is 1. The Hall–Kier alpha value is -0.830. The Kier molecular flexibility index (Phi) is 5.15. The van der Waals surface area contributed by atoms with Crippen LogP contribution in [0.2, 0.25) is 0 Å². The quantitative estimate of drug-likeness (QED) is 0.456. The van der Waals surface area contributed by atoms with Gasteiger partial charge in [-0.2, -0.15) is 0 Å². The minimum absolute atomic E-state index is 0.0302. The summed E-state index contributed by atoms with van der Waals surface area (Å²) in [6, 6.07) is 0. The monoisotopic (exact) mass is 456 g/mol. The molecule has 33 heavy (non-hydrogen) atoms. The smallest absolute Gasteiger partial charge is 0.334 e. The highest BCUT2D eigenvalue weighted by molar-refractivity contribution is 5.91. The van der Waals surface area contributed by atoms with Gasteiger partial charge in [0.15, 0.2) is 0 Å². The van der Waals surface area contributed by atoms with E-state index >= 15 is 0 Å². The summed E-state index contributed by atoms with van der Waals surface area (Å²) in [5.74, 6) is 0.947. The summed E-state index contributed by atoms with van der Waals surface area (Å²) in [5, 5.41) is 10.8. The third kappa shape index (κ3) is 3.34. The van der Waals surface area contributed by atoms with Crippen molar-refractivity contribution in [2.45, 2.75) is 130 Å². The summed E-state index contributed by atoms with van der Waals surface area (Å²) >= 11 is 0. The summed E-state index contributed by atoms with van der Waals surface area (Å²) in [7, 11) is 0. The average molecular weight is 457 g/mol. The van der Waals surface area contributed by atoms with Crippen LogP contribution in [0.15, 0.2) is 11.6 Å². The summed E-state index contributed by atoms with van der Waals surface area (Å²) in [4.78, 5) is 13.8. The maximum absolute atomic E-state index is 13.8. The molecule has 0 unspecified atom stereocenters.